The molecule has 0 unspecified atom stereocenters. The molecule has 0 aliphatic rings. The quantitative estimate of drug-likeness (QED) is 0.0757. The van der Waals surface area contributed by atoms with Gasteiger partial charge < -0.3 is 29.9 Å². The van der Waals surface area contributed by atoms with Crippen molar-refractivity contribution in [2.45, 2.75) is 0 Å². The summed E-state index contributed by atoms with van der Waals surface area (Å²) in [6.07, 6.45) is 0. The Bertz CT molecular complexity index is 2710. The first-order valence-corrected chi connectivity index (χ1v) is 15.5. The third-order valence-corrected chi connectivity index (χ3v) is 9.39. The lowest BCUT2D eigenvalue weighted by Gasteiger charge is -2.18. The molecule has 48 heavy (non-hydrogen) atoms. The second-order valence-electron chi connectivity index (χ2n) is 12.0. The highest BCUT2D eigenvalue weighted by Crippen LogP contribution is 2.55. The third-order valence-electron chi connectivity index (χ3n) is 9.39. The summed E-state index contributed by atoms with van der Waals surface area (Å²) < 4.78 is 6.41. The number of rotatable bonds is 3. The number of phenols is 5. The van der Waals surface area contributed by atoms with E-state index < -0.39 is 28.7 Å². The fourth-order valence-electron chi connectivity index (χ4n) is 7.20. The largest absolute Gasteiger partial charge is 0.504 e. The Kier molecular flexibility index (Phi) is 5.86. The molecule has 0 amide bonds. The first-order valence-electron chi connectivity index (χ1n) is 15.5. The lowest BCUT2D eigenvalue weighted by molar-refractivity contribution is 0.330. The van der Waals surface area contributed by atoms with Crippen LogP contribution in [0.2, 0.25) is 0 Å². The van der Waals surface area contributed by atoms with Crippen LogP contribution in [0.3, 0.4) is 0 Å². The molecule has 0 saturated heterocycles. The number of furan rings is 1. The van der Waals surface area contributed by atoms with Crippen molar-refractivity contribution in [2.75, 3.05) is 0 Å². The van der Waals surface area contributed by atoms with Crippen molar-refractivity contribution in [1.29, 1.82) is 0 Å². The van der Waals surface area contributed by atoms with E-state index in [1.165, 1.54) is 0 Å². The molecule has 9 rings (SSSR count). The summed E-state index contributed by atoms with van der Waals surface area (Å²) in [6.45, 7) is 0. The average Bonchev–Trinajstić information content (AvgIpc) is 3.51. The van der Waals surface area contributed by atoms with E-state index in [1.807, 2.05) is 48.5 Å². The van der Waals surface area contributed by atoms with Gasteiger partial charge >= 0.3 is 0 Å². The van der Waals surface area contributed by atoms with Crippen LogP contribution in [0, 0.1) is 0 Å². The Hall–Kier alpha value is -6.66. The van der Waals surface area contributed by atoms with Crippen LogP contribution in [-0.4, -0.2) is 25.5 Å². The minimum Gasteiger partial charge on any atom is -0.504 e. The molecule has 0 radical (unpaired) electrons. The summed E-state index contributed by atoms with van der Waals surface area (Å²) >= 11 is 0. The van der Waals surface area contributed by atoms with Crippen molar-refractivity contribution in [2.24, 2.45) is 0 Å². The van der Waals surface area contributed by atoms with Crippen LogP contribution in [-0.2, 0) is 0 Å². The topological polar surface area (TPSA) is 114 Å². The molecule has 1 aromatic heterocycles. The van der Waals surface area contributed by atoms with Crippen molar-refractivity contribution in [3.8, 4) is 62.1 Å². The maximum atomic E-state index is 10.7. The van der Waals surface area contributed by atoms with Gasteiger partial charge in [0, 0.05) is 16.2 Å². The lowest BCUT2D eigenvalue weighted by Crippen LogP contribution is -1.91. The molecule has 0 bridgehead atoms. The molecule has 0 saturated carbocycles. The molecular weight excluding hydrogens is 600 g/mol. The summed E-state index contributed by atoms with van der Waals surface area (Å²) in [5.41, 5.74) is 5.72. The van der Waals surface area contributed by atoms with Gasteiger partial charge in [-0.15, -0.1) is 0 Å². The van der Waals surface area contributed by atoms with Gasteiger partial charge in [0.1, 0.15) is 11.2 Å². The van der Waals surface area contributed by atoms with Gasteiger partial charge in [0.15, 0.2) is 11.5 Å². The van der Waals surface area contributed by atoms with Crippen LogP contribution >= 0.6 is 0 Å². The molecule has 0 spiro atoms. The Morgan fingerprint density at radius 3 is 1.44 bits per heavy atom. The van der Waals surface area contributed by atoms with Gasteiger partial charge in [-0.05, 0) is 79.0 Å². The van der Waals surface area contributed by atoms with Crippen molar-refractivity contribution in [3.05, 3.63) is 127 Å². The number of phenolic OH excluding ortho intramolecular Hbond substituents is 5. The maximum absolute atomic E-state index is 10.7. The minimum atomic E-state index is -0.993. The van der Waals surface area contributed by atoms with Gasteiger partial charge in [-0.3, -0.25) is 0 Å². The minimum absolute atomic E-state index is 0.191. The molecule has 9 aromatic rings. The zero-order valence-electron chi connectivity index (χ0n) is 25.3. The van der Waals surface area contributed by atoms with E-state index in [9.17, 15) is 25.5 Å². The highest BCUT2D eigenvalue weighted by atomic mass is 16.4. The van der Waals surface area contributed by atoms with Gasteiger partial charge in [-0.1, -0.05) is 103 Å². The normalized spacial score (nSPS) is 11.8. The van der Waals surface area contributed by atoms with Crippen molar-refractivity contribution in [3.63, 3.8) is 0 Å². The van der Waals surface area contributed by atoms with Gasteiger partial charge in [0.05, 0.1) is 5.56 Å². The second-order valence-corrected chi connectivity index (χ2v) is 12.0. The molecule has 6 nitrogen and oxygen atoms in total. The van der Waals surface area contributed by atoms with Crippen LogP contribution in [0.25, 0.3) is 87.6 Å². The smallest absolute Gasteiger partial charge is 0.208 e. The highest BCUT2D eigenvalue weighted by molar-refractivity contribution is 6.23. The van der Waals surface area contributed by atoms with E-state index in [1.54, 1.807) is 18.2 Å². The summed E-state index contributed by atoms with van der Waals surface area (Å²) in [7, 11) is 0. The van der Waals surface area contributed by atoms with Crippen LogP contribution in [0.15, 0.2) is 132 Å². The van der Waals surface area contributed by atoms with E-state index in [4.69, 9.17) is 4.42 Å². The number of hydrogen-bond donors (Lipinski definition) is 5. The molecule has 1 heterocycles. The predicted octanol–water partition coefficient (Wildman–Crippen LogP) is 10.6. The van der Waals surface area contributed by atoms with Crippen LogP contribution < -0.4 is 0 Å². The van der Waals surface area contributed by atoms with Gasteiger partial charge in [0.25, 0.3) is 0 Å². The summed E-state index contributed by atoms with van der Waals surface area (Å²) in [5, 5.41) is 60.2. The average molecular weight is 627 g/mol. The standard InChI is InChI=1S/C42H26O6/c43-37-36(38(44)40(46)41(47)39(37)45)24-10-7-9-23(20-24)34-27-12-3-5-14-29(27)35(30-15-6-4-13-28(30)34)25-17-19-33-32(21-25)31-18-16-22-8-1-2-11-26(22)42(31)48-33/h1-21,43-47H. The monoisotopic (exact) mass is 626 g/mol. The summed E-state index contributed by atoms with van der Waals surface area (Å²) in [6, 6.07) is 42.5. The third kappa shape index (κ3) is 3.86. The molecule has 0 fully saturated rings. The zero-order valence-corrected chi connectivity index (χ0v) is 25.3. The number of fused-ring (bicyclic) bond motifs is 7. The second kappa shape index (κ2) is 10.2. The fourth-order valence-corrected chi connectivity index (χ4v) is 7.20. The highest BCUT2D eigenvalue weighted by Gasteiger charge is 2.25. The molecule has 8 aromatic carbocycles. The van der Waals surface area contributed by atoms with E-state index in [0.717, 1.165) is 76.5 Å². The van der Waals surface area contributed by atoms with Crippen LogP contribution in [0.1, 0.15) is 0 Å². The lowest BCUT2D eigenvalue weighted by atomic mass is 9.85. The van der Waals surface area contributed by atoms with Crippen molar-refractivity contribution >= 4 is 54.3 Å². The molecule has 6 heteroatoms. The molecule has 0 atom stereocenters. The van der Waals surface area contributed by atoms with Gasteiger partial charge in [-0.25, -0.2) is 0 Å². The van der Waals surface area contributed by atoms with E-state index in [-0.39, 0.29) is 5.56 Å². The van der Waals surface area contributed by atoms with Gasteiger partial charge in [-0.2, -0.15) is 0 Å². The first kappa shape index (κ1) is 27.6. The summed E-state index contributed by atoms with van der Waals surface area (Å²) in [5.74, 6) is -4.30. The molecule has 5 N–H and O–H groups in total. The number of aromatic hydroxyl groups is 5. The van der Waals surface area contributed by atoms with Gasteiger partial charge in [0.2, 0.25) is 17.2 Å². The van der Waals surface area contributed by atoms with Crippen molar-refractivity contribution in [1.82, 2.24) is 0 Å². The first-order chi connectivity index (χ1) is 23.4. The Balaban J connectivity index is 1.31. The molecule has 0 aliphatic heterocycles. The predicted molar refractivity (Wildman–Crippen MR) is 191 cm³/mol. The van der Waals surface area contributed by atoms with E-state index in [0.29, 0.717) is 5.56 Å². The number of hydrogen-bond acceptors (Lipinski definition) is 6. The molecule has 0 aliphatic carbocycles. The van der Waals surface area contributed by atoms with Crippen LogP contribution in [0.5, 0.6) is 28.7 Å². The van der Waals surface area contributed by atoms with Crippen molar-refractivity contribution < 1.29 is 29.9 Å². The molecule has 230 valence electrons. The maximum Gasteiger partial charge on any atom is 0.208 e. The van der Waals surface area contributed by atoms with E-state index >= 15 is 0 Å². The SMILES string of the molecule is Oc1c(O)c(O)c(-c2cccc(-c3c4ccccc4c(-c4ccc5oc6c7ccccc7ccc6c5c4)c4ccccc34)c2)c(O)c1O. The Labute approximate surface area is 273 Å². The Morgan fingerprint density at radius 1 is 0.333 bits per heavy atom. The zero-order chi connectivity index (χ0) is 32.7. The summed E-state index contributed by atoms with van der Waals surface area (Å²) in [4.78, 5) is 0. The molecular formula is C42H26O6. The Morgan fingerprint density at radius 2 is 0.833 bits per heavy atom. The number of benzene rings is 8. The fraction of sp³-hybridized carbons (Fsp3) is 0. The van der Waals surface area contributed by atoms with E-state index in [2.05, 4.69) is 60.7 Å². The van der Waals surface area contributed by atoms with Crippen LogP contribution in [0.4, 0.5) is 0 Å².